The molecule has 0 saturated carbocycles. The number of ether oxygens (including phenoxy) is 1. The summed E-state index contributed by atoms with van der Waals surface area (Å²) in [6, 6.07) is 0. The predicted octanol–water partition coefficient (Wildman–Crippen LogP) is 0.305. The molecule has 0 aromatic rings. The van der Waals surface area contributed by atoms with Crippen LogP contribution in [0.5, 0.6) is 0 Å². The molecule has 0 atom stereocenters. The van der Waals surface area contributed by atoms with Gasteiger partial charge < -0.3 is 15.2 Å². The summed E-state index contributed by atoms with van der Waals surface area (Å²) in [4.78, 5) is 45.9. The Balaban J connectivity index is 2.41. The molecule has 1 aliphatic heterocycles. The number of nitrogens with one attached hydrogen (secondary N) is 1. The van der Waals surface area contributed by atoms with Crippen molar-refractivity contribution in [2.24, 2.45) is 0 Å². The number of hydrogen-bond acceptors (Lipinski definition) is 6. The zero-order valence-corrected chi connectivity index (χ0v) is 14.9. The average molecular weight is 361 g/mol. The number of carbonyl (C=O) groups excluding carboxylic acids is 3. The molecule has 1 fully saturated rings. The number of rotatable bonds is 7. The maximum Gasteiger partial charge on any atom is 0.429 e. The minimum absolute atomic E-state index is 0.0238. The minimum Gasteiger partial charge on any atom is -0.481 e. The number of carboxylic acid groups (broad SMARTS) is 1. The highest BCUT2D eigenvalue weighted by atomic mass is 32.2. The van der Waals surface area contributed by atoms with Gasteiger partial charge in [-0.2, -0.15) is 0 Å². The van der Waals surface area contributed by atoms with Gasteiger partial charge in [0.15, 0.2) is 0 Å². The van der Waals surface area contributed by atoms with Gasteiger partial charge in [0, 0.05) is 13.0 Å². The summed E-state index contributed by atoms with van der Waals surface area (Å²) in [5.41, 5.74) is -0.663. The molecule has 24 heavy (non-hydrogen) atoms. The number of carboxylic acids is 1. The molecule has 1 heterocycles. The SMILES string of the molecule is CC(C)(C)OC(=O)N1CCC(=O)N1CCNC(=O)CSCC(=O)O. The Bertz CT molecular complexity index is 505. The number of aliphatic carboxylic acids is 1. The molecule has 0 spiro atoms. The lowest BCUT2D eigenvalue weighted by molar-refractivity contribution is -0.137. The van der Waals surface area contributed by atoms with E-state index in [1.807, 2.05) is 0 Å². The molecule has 136 valence electrons. The molecule has 9 nitrogen and oxygen atoms in total. The first-order chi connectivity index (χ1) is 11.1. The normalized spacial score (nSPS) is 14.7. The van der Waals surface area contributed by atoms with Gasteiger partial charge in [-0.15, -0.1) is 11.8 Å². The highest BCUT2D eigenvalue weighted by Crippen LogP contribution is 2.17. The molecule has 1 rings (SSSR count). The van der Waals surface area contributed by atoms with Crippen LogP contribution in [0.15, 0.2) is 0 Å². The van der Waals surface area contributed by atoms with E-state index in [4.69, 9.17) is 9.84 Å². The number of hydrazine groups is 1. The van der Waals surface area contributed by atoms with Crippen LogP contribution in [0.25, 0.3) is 0 Å². The van der Waals surface area contributed by atoms with Crippen LogP contribution in [-0.2, 0) is 19.1 Å². The summed E-state index contributed by atoms with van der Waals surface area (Å²) in [5.74, 6) is -1.64. The lowest BCUT2D eigenvalue weighted by atomic mass is 10.2. The lowest BCUT2D eigenvalue weighted by Gasteiger charge is -2.30. The topological polar surface area (TPSA) is 116 Å². The van der Waals surface area contributed by atoms with E-state index in [1.54, 1.807) is 20.8 Å². The molecule has 1 aliphatic rings. The minimum atomic E-state index is -0.983. The standard InChI is InChI=1S/C14H23N3O6S/c1-14(2,3)23-13(22)17-6-4-11(19)16(17)7-5-15-10(18)8-24-9-12(20)21/h4-9H2,1-3H3,(H,15,18)(H,20,21). The van der Waals surface area contributed by atoms with E-state index < -0.39 is 17.7 Å². The van der Waals surface area contributed by atoms with Crippen molar-refractivity contribution in [3.8, 4) is 0 Å². The number of hydrogen-bond donors (Lipinski definition) is 2. The van der Waals surface area contributed by atoms with Crippen molar-refractivity contribution in [2.75, 3.05) is 31.1 Å². The fraction of sp³-hybridized carbons (Fsp3) is 0.714. The van der Waals surface area contributed by atoms with Gasteiger partial charge in [0.2, 0.25) is 11.8 Å². The first-order valence-corrected chi connectivity index (χ1v) is 8.62. The molecule has 3 amide bonds. The molecule has 10 heteroatoms. The highest BCUT2D eigenvalue weighted by molar-refractivity contribution is 8.00. The summed E-state index contributed by atoms with van der Waals surface area (Å²) < 4.78 is 5.25. The van der Waals surface area contributed by atoms with E-state index in [-0.39, 0.29) is 49.4 Å². The second kappa shape index (κ2) is 8.76. The maximum absolute atomic E-state index is 12.1. The summed E-state index contributed by atoms with van der Waals surface area (Å²) in [6.45, 7) is 5.77. The molecule has 0 aliphatic carbocycles. The highest BCUT2D eigenvalue weighted by Gasteiger charge is 2.35. The van der Waals surface area contributed by atoms with E-state index in [9.17, 15) is 19.2 Å². The Morgan fingerprint density at radius 2 is 1.96 bits per heavy atom. The molecule has 0 unspecified atom stereocenters. The van der Waals surface area contributed by atoms with Crippen molar-refractivity contribution < 1.29 is 29.0 Å². The van der Waals surface area contributed by atoms with Gasteiger partial charge >= 0.3 is 12.1 Å². The first-order valence-electron chi connectivity index (χ1n) is 7.47. The van der Waals surface area contributed by atoms with Crippen LogP contribution >= 0.6 is 11.8 Å². The van der Waals surface area contributed by atoms with E-state index in [2.05, 4.69) is 5.32 Å². The van der Waals surface area contributed by atoms with Crippen molar-refractivity contribution in [1.82, 2.24) is 15.3 Å². The summed E-state index contributed by atoms with van der Waals surface area (Å²) >= 11 is 0.988. The van der Waals surface area contributed by atoms with Gasteiger partial charge in [0.1, 0.15) is 5.60 Å². The fourth-order valence-electron chi connectivity index (χ4n) is 1.92. The average Bonchev–Trinajstić information content (AvgIpc) is 2.78. The molecular weight excluding hydrogens is 338 g/mol. The zero-order chi connectivity index (χ0) is 18.3. The third-order valence-corrected chi connectivity index (χ3v) is 3.74. The zero-order valence-electron chi connectivity index (χ0n) is 14.0. The number of thioether (sulfide) groups is 1. The van der Waals surface area contributed by atoms with E-state index >= 15 is 0 Å². The summed E-state index contributed by atoms with van der Waals surface area (Å²) in [7, 11) is 0. The van der Waals surface area contributed by atoms with Gasteiger partial charge in [-0.25, -0.2) is 14.8 Å². The molecule has 0 aromatic carbocycles. The van der Waals surface area contributed by atoms with Crippen LogP contribution in [0.2, 0.25) is 0 Å². The number of amides is 3. The monoisotopic (exact) mass is 361 g/mol. The first kappa shape index (κ1) is 20.1. The van der Waals surface area contributed by atoms with Crippen molar-refractivity contribution in [3.05, 3.63) is 0 Å². The molecule has 0 bridgehead atoms. The van der Waals surface area contributed by atoms with Crippen LogP contribution in [-0.4, -0.2) is 75.7 Å². The van der Waals surface area contributed by atoms with Gasteiger partial charge in [0.05, 0.1) is 24.6 Å². The Kier molecular flexibility index (Phi) is 7.33. The van der Waals surface area contributed by atoms with Crippen molar-refractivity contribution in [2.45, 2.75) is 32.8 Å². The largest absolute Gasteiger partial charge is 0.481 e. The van der Waals surface area contributed by atoms with Crippen LogP contribution in [0.4, 0.5) is 4.79 Å². The Morgan fingerprint density at radius 3 is 2.54 bits per heavy atom. The Morgan fingerprint density at radius 1 is 1.29 bits per heavy atom. The van der Waals surface area contributed by atoms with Gasteiger partial charge in [-0.05, 0) is 20.8 Å². The van der Waals surface area contributed by atoms with Crippen LogP contribution in [0.3, 0.4) is 0 Å². The van der Waals surface area contributed by atoms with Gasteiger partial charge in [0.25, 0.3) is 0 Å². The molecule has 2 N–H and O–H groups in total. The summed E-state index contributed by atoms with van der Waals surface area (Å²) in [6.07, 6.45) is -0.390. The molecule has 0 radical (unpaired) electrons. The molecule has 0 aromatic heterocycles. The number of nitrogens with zero attached hydrogens (tertiary/aromatic N) is 2. The third kappa shape index (κ3) is 7.07. The van der Waals surface area contributed by atoms with E-state index in [0.717, 1.165) is 11.8 Å². The quantitative estimate of drug-likeness (QED) is 0.670. The van der Waals surface area contributed by atoms with Crippen LogP contribution in [0.1, 0.15) is 27.2 Å². The van der Waals surface area contributed by atoms with Crippen LogP contribution in [0, 0.1) is 0 Å². The molecule has 1 saturated heterocycles. The maximum atomic E-state index is 12.1. The second-order valence-electron chi connectivity index (χ2n) is 6.11. The second-order valence-corrected chi connectivity index (χ2v) is 7.09. The predicted molar refractivity (Wildman–Crippen MR) is 87.2 cm³/mol. The Hall–Kier alpha value is -1.97. The number of carbonyl (C=O) groups is 4. The van der Waals surface area contributed by atoms with Gasteiger partial charge in [-0.1, -0.05) is 0 Å². The van der Waals surface area contributed by atoms with Crippen molar-refractivity contribution in [1.29, 1.82) is 0 Å². The van der Waals surface area contributed by atoms with Crippen molar-refractivity contribution >= 4 is 35.6 Å². The third-order valence-electron chi connectivity index (χ3n) is 2.83. The van der Waals surface area contributed by atoms with E-state index in [1.165, 1.54) is 10.0 Å². The van der Waals surface area contributed by atoms with Gasteiger partial charge in [-0.3, -0.25) is 14.4 Å². The van der Waals surface area contributed by atoms with Crippen LogP contribution < -0.4 is 5.32 Å². The smallest absolute Gasteiger partial charge is 0.429 e. The summed E-state index contributed by atoms with van der Waals surface area (Å²) in [5, 5.41) is 13.6. The fourth-order valence-corrected chi connectivity index (χ4v) is 2.48. The van der Waals surface area contributed by atoms with Crippen molar-refractivity contribution in [3.63, 3.8) is 0 Å². The Labute approximate surface area is 144 Å². The lowest BCUT2D eigenvalue weighted by Crippen LogP contribution is -2.48. The molecular formula is C14H23N3O6S. The van der Waals surface area contributed by atoms with E-state index in [0.29, 0.717) is 0 Å².